The maximum atomic E-state index is 12.4. The molecule has 1 saturated carbocycles. The minimum absolute atomic E-state index is 0.122. The number of nitrogens with zero attached hydrogens (tertiary/aromatic N) is 2. The van der Waals surface area contributed by atoms with E-state index in [0.29, 0.717) is 11.5 Å². The quantitative estimate of drug-likeness (QED) is 0.863. The number of rotatable bonds is 6. The van der Waals surface area contributed by atoms with Crippen LogP contribution in [0.3, 0.4) is 0 Å². The minimum Gasteiger partial charge on any atom is -0.268 e. The molecule has 0 atom stereocenters. The first-order chi connectivity index (χ1) is 11.4. The van der Waals surface area contributed by atoms with Crippen molar-refractivity contribution in [2.24, 2.45) is 0 Å². The summed E-state index contributed by atoms with van der Waals surface area (Å²) in [5, 5.41) is 4.33. The first kappa shape index (κ1) is 16.9. The molecule has 1 heterocycles. The number of aromatic nitrogens is 2. The molecule has 1 aromatic carbocycles. The van der Waals surface area contributed by atoms with E-state index in [4.69, 9.17) is 0 Å². The topological polar surface area (TPSA) is 81.1 Å². The first-order valence-electron chi connectivity index (χ1n) is 8.02. The molecule has 0 amide bonds. The summed E-state index contributed by atoms with van der Waals surface area (Å²) in [5.74, 6) is 0.448. The van der Waals surface area contributed by atoms with E-state index in [1.165, 1.54) is 10.7 Å². The monoisotopic (exact) mass is 347 g/mol. The minimum atomic E-state index is -3.60. The van der Waals surface area contributed by atoms with Crippen molar-refractivity contribution in [2.45, 2.75) is 44.0 Å². The molecule has 0 aliphatic heterocycles. The van der Waals surface area contributed by atoms with Crippen molar-refractivity contribution in [1.29, 1.82) is 0 Å². The summed E-state index contributed by atoms with van der Waals surface area (Å²) >= 11 is 0. The van der Waals surface area contributed by atoms with Crippen LogP contribution in [0.5, 0.6) is 0 Å². The molecular formula is C17H21N3O3S. The molecule has 1 aliphatic carbocycles. The number of aryl methyl sites for hydroxylation is 2. The van der Waals surface area contributed by atoms with Crippen LogP contribution >= 0.6 is 0 Å². The van der Waals surface area contributed by atoms with Crippen molar-refractivity contribution in [3.05, 3.63) is 57.5 Å². The highest BCUT2D eigenvalue weighted by atomic mass is 32.2. The molecular weight excluding hydrogens is 326 g/mol. The normalized spacial score (nSPS) is 14.8. The Bertz CT molecular complexity index is 915. The molecule has 1 N–H and O–H groups in total. The van der Waals surface area contributed by atoms with Gasteiger partial charge in [0.1, 0.15) is 0 Å². The van der Waals surface area contributed by atoms with Gasteiger partial charge in [0.25, 0.3) is 5.56 Å². The maximum absolute atomic E-state index is 12.4. The van der Waals surface area contributed by atoms with Crippen molar-refractivity contribution < 1.29 is 8.42 Å². The third-order valence-electron chi connectivity index (χ3n) is 4.13. The second-order valence-electron chi connectivity index (χ2n) is 6.26. The van der Waals surface area contributed by atoms with Gasteiger partial charge >= 0.3 is 0 Å². The smallest absolute Gasteiger partial charge is 0.266 e. The predicted octanol–water partition coefficient (Wildman–Crippen LogP) is 1.72. The number of hydrogen-bond acceptors (Lipinski definition) is 4. The second-order valence-corrected chi connectivity index (χ2v) is 8.00. The number of hydrogen-bond donors (Lipinski definition) is 1. The maximum Gasteiger partial charge on any atom is 0.266 e. The SMILES string of the molecule is Cc1ccc(C)c(S(=O)(=O)NCCn2nc(C3CC3)ccc2=O)c1. The van der Waals surface area contributed by atoms with Gasteiger partial charge < -0.3 is 0 Å². The Morgan fingerprint density at radius 2 is 1.96 bits per heavy atom. The van der Waals surface area contributed by atoms with Gasteiger partial charge in [-0.2, -0.15) is 5.10 Å². The molecule has 24 heavy (non-hydrogen) atoms. The summed E-state index contributed by atoms with van der Waals surface area (Å²) in [4.78, 5) is 12.1. The fourth-order valence-electron chi connectivity index (χ4n) is 2.58. The van der Waals surface area contributed by atoms with Gasteiger partial charge in [-0.3, -0.25) is 4.79 Å². The van der Waals surface area contributed by atoms with E-state index in [0.717, 1.165) is 24.1 Å². The fourth-order valence-corrected chi connectivity index (χ4v) is 3.93. The lowest BCUT2D eigenvalue weighted by Gasteiger charge is -2.11. The van der Waals surface area contributed by atoms with E-state index in [-0.39, 0.29) is 23.5 Å². The van der Waals surface area contributed by atoms with E-state index in [1.54, 1.807) is 25.1 Å². The molecule has 2 aromatic rings. The van der Waals surface area contributed by atoms with Crippen LogP contribution in [0, 0.1) is 13.8 Å². The third kappa shape index (κ3) is 3.73. The Morgan fingerprint density at radius 3 is 2.67 bits per heavy atom. The van der Waals surface area contributed by atoms with E-state index >= 15 is 0 Å². The van der Waals surface area contributed by atoms with Crippen LogP contribution in [0.15, 0.2) is 40.0 Å². The molecule has 0 unspecified atom stereocenters. The summed E-state index contributed by atoms with van der Waals surface area (Å²) in [5.41, 5.74) is 2.27. The Hall–Kier alpha value is -1.99. The zero-order chi connectivity index (χ0) is 17.3. The number of sulfonamides is 1. The van der Waals surface area contributed by atoms with Crippen LogP contribution in [0.1, 0.15) is 35.6 Å². The van der Waals surface area contributed by atoms with E-state index in [9.17, 15) is 13.2 Å². The lowest BCUT2D eigenvalue weighted by atomic mass is 10.2. The molecule has 6 nitrogen and oxygen atoms in total. The Balaban J connectivity index is 1.70. The molecule has 1 aliphatic rings. The van der Waals surface area contributed by atoms with E-state index < -0.39 is 10.0 Å². The van der Waals surface area contributed by atoms with Crippen LogP contribution in [0.2, 0.25) is 0 Å². The molecule has 7 heteroatoms. The van der Waals surface area contributed by atoms with Gasteiger partial charge in [-0.25, -0.2) is 17.8 Å². The molecule has 0 saturated heterocycles. The van der Waals surface area contributed by atoms with Crippen molar-refractivity contribution in [1.82, 2.24) is 14.5 Å². The number of nitrogens with one attached hydrogen (secondary N) is 1. The van der Waals surface area contributed by atoms with Gasteiger partial charge in [-0.05, 0) is 49.9 Å². The molecule has 0 spiro atoms. The third-order valence-corrected chi connectivity index (χ3v) is 5.73. The van der Waals surface area contributed by atoms with Crippen LogP contribution in [0.4, 0.5) is 0 Å². The lowest BCUT2D eigenvalue weighted by Crippen LogP contribution is -2.32. The Kier molecular flexibility index (Phi) is 4.56. The van der Waals surface area contributed by atoms with Gasteiger partial charge in [-0.1, -0.05) is 12.1 Å². The van der Waals surface area contributed by atoms with Gasteiger partial charge in [0.15, 0.2) is 0 Å². The summed E-state index contributed by atoms with van der Waals surface area (Å²) < 4.78 is 28.8. The second kappa shape index (κ2) is 6.49. The molecule has 0 radical (unpaired) electrons. The average Bonchev–Trinajstić information content (AvgIpc) is 3.36. The highest BCUT2D eigenvalue weighted by Gasteiger charge is 2.25. The van der Waals surface area contributed by atoms with Gasteiger partial charge in [0.2, 0.25) is 10.0 Å². The highest BCUT2D eigenvalue weighted by molar-refractivity contribution is 7.89. The molecule has 0 bridgehead atoms. The fraction of sp³-hybridized carbons (Fsp3) is 0.412. The van der Waals surface area contributed by atoms with Crippen molar-refractivity contribution >= 4 is 10.0 Å². The predicted molar refractivity (Wildman–Crippen MR) is 91.6 cm³/mol. The van der Waals surface area contributed by atoms with Gasteiger partial charge in [-0.15, -0.1) is 0 Å². The summed E-state index contributed by atoms with van der Waals surface area (Å²) in [7, 11) is -3.60. The van der Waals surface area contributed by atoms with E-state index in [1.807, 2.05) is 13.0 Å². The number of benzene rings is 1. The van der Waals surface area contributed by atoms with Crippen LogP contribution in [-0.4, -0.2) is 24.7 Å². The van der Waals surface area contributed by atoms with Crippen molar-refractivity contribution in [3.63, 3.8) is 0 Å². The Morgan fingerprint density at radius 1 is 1.21 bits per heavy atom. The van der Waals surface area contributed by atoms with Crippen LogP contribution in [0.25, 0.3) is 0 Å². The van der Waals surface area contributed by atoms with Gasteiger partial charge in [0.05, 0.1) is 17.1 Å². The largest absolute Gasteiger partial charge is 0.268 e. The van der Waals surface area contributed by atoms with Crippen LogP contribution < -0.4 is 10.3 Å². The van der Waals surface area contributed by atoms with Crippen molar-refractivity contribution in [2.75, 3.05) is 6.54 Å². The molecule has 3 rings (SSSR count). The average molecular weight is 347 g/mol. The highest BCUT2D eigenvalue weighted by Crippen LogP contribution is 2.38. The molecule has 128 valence electrons. The van der Waals surface area contributed by atoms with Crippen LogP contribution in [-0.2, 0) is 16.6 Å². The van der Waals surface area contributed by atoms with Gasteiger partial charge in [0, 0.05) is 18.5 Å². The lowest BCUT2D eigenvalue weighted by molar-refractivity contribution is 0.540. The Labute approximate surface area is 141 Å². The molecule has 1 aromatic heterocycles. The first-order valence-corrected chi connectivity index (χ1v) is 9.50. The zero-order valence-corrected chi connectivity index (χ0v) is 14.6. The summed E-state index contributed by atoms with van der Waals surface area (Å²) in [6.45, 7) is 3.95. The zero-order valence-electron chi connectivity index (χ0n) is 13.8. The molecule has 1 fully saturated rings. The van der Waals surface area contributed by atoms with Crippen molar-refractivity contribution in [3.8, 4) is 0 Å². The summed E-state index contributed by atoms with van der Waals surface area (Å²) in [6, 6.07) is 8.57. The van der Waals surface area contributed by atoms with E-state index in [2.05, 4.69) is 9.82 Å². The standard InChI is InChI=1S/C17H21N3O3S/c1-12-3-4-13(2)16(11-12)24(22,23)18-9-10-20-17(21)8-7-15(19-20)14-5-6-14/h3-4,7-8,11,14,18H,5-6,9-10H2,1-2H3. The summed E-state index contributed by atoms with van der Waals surface area (Å²) in [6.07, 6.45) is 2.20.